The smallest absolute Gasteiger partial charge is 0.221 e. The minimum atomic E-state index is -0.232. The number of hydrogen-bond acceptors (Lipinski definition) is 2. The lowest BCUT2D eigenvalue weighted by Crippen LogP contribution is -2.35. The van der Waals surface area contributed by atoms with Gasteiger partial charge in [0.25, 0.3) is 0 Å². The van der Waals surface area contributed by atoms with E-state index >= 15 is 0 Å². The standard InChI is InChI=1S/C11H18N2O/c1-2-3-4-5-11(14)13-10(8-12)9-6-7-9/h9-10H,2-7H2,1H3,(H,13,14). The zero-order valence-electron chi connectivity index (χ0n) is 8.75. The van der Waals surface area contributed by atoms with Gasteiger partial charge in [-0.2, -0.15) is 5.26 Å². The highest BCUT2D eigenvalue weighted by Crippen LogP contribution is 2.32. The Bertz CT molecular complexity index is 228. The molecule has 0 saturated heterocycles. The number of carbonyl (C=O) groups excluding carboxylic acids is 1. The molecule has 1 saturated carbocycles. The number of nitriles is 1. The Morgan fingerprint density at radius 1 is 1.57 bits per heavy atom. The van der Waals surface area contributed by atoms with Gasteiger partial charge in [0.15, 0.2) is 0 Å². The number of unbranched alkanes of at least 4 members (excludes halogenated alkanes) is 2. The molecule has 1 rings (SSSR count). The summed E-state index contributed by atoms with van der Waals surface area (Å²) in [5, 5.41) is 11.6. The summed E-state index contributed by atoms with van der Waals surface area (Å²) >= 11 is 0. The van der Waals surface area contributed by atoms with Crippen molar-refractivity contribution < 1.29 is 4.79 Å². The maximum atomic E-state index is 11.4. The molecule has 0 bridgehead atoms. The van der Waals surface area contributed by atoms with E-state index in [-0.39, 0.29) is 11.9 Å². The summed E-state index contributed by atoms with van der Waals surface area (Å²) in [5.74, 6) is 0.465. The quantitative estimate of drug-likeness (QED) is 0.657. The summed E-state index contributed by atoms with van der Waals surface area (Å²) in [6, 6.07) is 1.92. The van der Waals surface area contributed by atoms with Crippen molar-refractivity contribution in [3.63, 3.8) is 0 Å². The van der Waals surface area contributed by atoms with E-state index in [1.54, 1.807) is 0 Å². The molecule has 1 amide bonds. The highest BCUT2D eigenvalue weighted by molar-refractivity contribution is 5.76. The third-order valence-corrected chi connectivity index (χ3v) is 2.56. The normalized spacial score (nSPS) is 17.1. The van der Waals surface area contributed by atoms with Crippen molar-refractivity contribution in [1.82, 2.24) is 5.32 Å². The Kier molecular flexibility index (Phi) is 4.45. The monoisotopic (exact) mass is 194 g/mol. The molecule has 1 fully saturated rings. The number of rotatable bonds is 6. The fourth-order valence-electron chi connectivity index (χ4n) is 1.47. The van der Waals surface area contributed by atoms with Crippen LogP contribution in [-0.4, -0.2) is 11.9 Å². The van der Waals surface area contributed by atoms with Crippen LogP contribution >= 0.6 is 0 Å². The first-order chi connectivity index (χ1) is 6.77. The van der Waals surface area contributed by atoms with Crippen molar-refractivity contribution in [3.8, 4) is 6.07 Å². The van der Waals surface area contributed by atoms with Gasteiger partial charge in [-0.25, -0.2) is 0 Å². The Balaban J connectivity index is 2.15. The van der Waals surface area contributed by atoms with E-state index in [0.29, 0.717) is 12.3 Å². The fraction of sp³-hybridized carbons (Fsp3) is 0.818. The lowest BCUT2D eigenvalue weighted by atomic mass is 10.1. The van der Waals surface area contributed by atoms with E-state index in [9.17, 15) is 4.79 Å². The van der Waals surface area contributed by atoms with Gasteiger partial charge >= 0.3 is 0 Å². The summed E-state index contributed by atoms with van der Waals surface area (Å²) in [4.78, 5) is 11.4. The molecule has 14 heavy (non-hydrogen) atoms. The van der Waals surface area contributed by atoms with E-state index in [2.05, 4.69) is 18.3 Å². The van der Waals surface area contributed by atoms with E-state index in [4.69, 9.17) is 5.26 Å². The molecule has 1 aliphatic rings. The van der Waals surface area contributed by atoms with Gasteiger partial charge < -0.3 is 5.32 Å². The number of nitrogens with one attached hydrogen (secondary N) is 1. The van der Waals surface area contributed by atoms with Crippen LogP contribution in [0.5, 0.6) is 0 Å². The van der Waals surface area contributed by atoms with Crippen LogP contribution in [0.2, 0.25) is 0 Å². The molecule has 1 N–H and O–H groups in total. The lowest BCUT2D eigenvalue weighted by molar-refractivity contribution is -0.121. The molecule has 1 atom stereocenters. The van der Waals surface area contributed by atoms with Crippen molar-refractivity contribution >= 4 is 5.91 Å². The molecule has 78 valence electrons. The molecule has 0 spiro atoms. The number of hydrogen-bond donors (Lipinski definition) is 1. The molecule has 0 aromatic rings. The maximum Gasteiger partial charge on any atom is 0.221 e. The Morgan fingerprint density at radius 3 is 2.79 bits per heavy atom. The summed E-state index contributed by atoms with van der Waals surface area (Å²) in [6.45, 7) is 2.11. The highest BCUT2D eigenvalue weighted by Gasteiger charge is 2.31. The van der Waals surface area contributed by atoms with Crippen molar-refractivity contribution in [2.75, 3.05) is 0 Å². The minimum absolute atomic E-state index is 0.0388. The predicted octanol–water partition coefficient (Wildman–Crippen LogP) is 1.99. The molecule has 3 heteroatoms. The van der Waals surface area contributed by atoms with Crippen LogP contribution in [0.3, 0.4) is 0 Å². The molecule has 0 aromatic carbocycles. The molecule has 0 heterocycles. The van der Waals surface area contributed by atoms with Gasteiger partial charge in [0, 0.05) is 6.42 Å². The first-order valence-corrected chi connectivity index (χ1v) is 5.47. The minimum Gasteiger partial charge on any atom is -0.340 e. The summed E-state index contributed by atoms with van der Waals surface area (Å²) < 4.78 is 0. The molecule has 1 unspecified atom stereocenters. The van der Waals surface area contributed by atoms with E-state index in [1.165, 1.54) is 0 Å². The molecule has 0 aliphatic heterocycles. The Morgan fingerprint density at radius 2 is 2.29 bits per heavy atom. The topological polar surface area (TPSA) is 52.9 Å². The number of carbonyl (C=O) groups is 1. The van der Waals surface area contributed by atoms with Crippen molar-refractivity contribution in [1.29, 1.82) is 5.26 Å². The van der Waals surface area contributed by atoms with Gasteiger partial charge in [-0.1, -0.05) is 19.8 Å². The number of nitrogens with zero attached hydrogens (tertiary/aromatic N) is 1. The average molecular weight is 194 g/mol. The zero-order valence-corrected chi connectivity index (χ0v) is 8.75. The average Bonchev–Trinajstić information content (AvgIpc) is 2.98. The van der Waals surface area contributed by atoms with E-state index < -0.39 is 0 Å². The highest BCUT2D eigenvalue weighted by atomic mass is 16.1. The predicted molar refractivity (Wildman–Crippen MR) is 54.4 cm³/mol. The molecular formula is C11H18N2O. The second-order valence-electron chi connectivity index (χ2n) is 3.97. The van der Waals surface area contributed by atoms with Gasteiger partial charge in [0.1, 0.15) is 6.04 Å². The van der Waals surface area contributed by atoms with Crippen LogP contribution in [0.15, 0.2) is 0 Å². The molecule has 1 aliphatic carbocycles. The van der Waals surface area contributed by atoms with Crippen LogP contribution < -0.4 is 5.32 Å². The van der Waals surface area contributed by atoms with Crippen molar-refractivity contribution in [3.05, 3.63) is 0 Å². The van der Waals surface area contributed by atoms with Crippen LogP contribution in [0, 0.1) is 17.2 Å². The summed E-state index contributed by atoms with van der Waals surface area (Å²) in [5.41, 5.74) is 0. The summed E-state index contributed by atoms with van der Waals surface area (Å²) in [6.07, 6.45) is 5.90. The van der Waals surface area contributed by atoms with Gasteiger partial charge in [-0.3, -0.25) is 4.79 Å². The van der Waals surface area contributed by atoms with Crippen molar-refractivity contribution in [2.45, 2.75) is 51.5 Å². The SMILES string of the molecule is CCCCCC(=O)NC(C#N)C1CC1. The van der Waals surface area contributed by atoms with Gasteiger partial charge in [-0.15, -0.1) is 0 Å². The van der Waals surface area contributed by atoms with Crippen molar-refractivity contribution in [2.24, 2.45) is 5.92 Å². The second-order valence-corrected chi connectivity index (χ2v) is 3.97. The van der Waals surface area contributed by atoms with Gasteiger partial charge in [0.05, 0.1) is 6.07 Å². The van der Waals surface area contributed by atoms with E-state index in [1.807, 2.05) is 0 Å². The van der Waals surface area contributed by atoms with Crippen LogP contribution in [0.4, 0.5) is 0 Å². The van der Waals surface area contributed by atoms with Crippen LogP contribution in [-0.2, 0) is 4.79 Å². The summed E-state index contributed by atoms with van der Waals surface area (Å²) in [7, 11) is 0. The van der Waals surface area contributed by atoms with Gasteiger partial charge in [-0.05, 0) is 25.2 Å². The molecule has 3 nitrogen and oxygen atoms in total. The second kappa shape index (κ2) is 5.64. The zero-order chi connectivity index (χ0) is 10.4. The third kappa shape index (κ3) is 3.78. The maximum absolute atomic E-state index is 11.4. The Labute approximate surface area is 85.5 Å². The fourth-order valence-corrected chi connectivity index (χ4v) is 1.47. The van der Waals surface area contributed by atoms with E-state index in [0.717, 1.165) is 32.1 Å². The molecular weight excluding hydrogens is 176 g/mol. The van der Waals surface area contributed by atoms with Crippen LogP contribution in [0.25, 0.3) is 0 Å². The largest absolute Gasteiger partial charge is 0.340 e. The lowest BCUT2D eigenvalue weighted by Gasteiger charge is -2.09. The Hall–Kier alpha value is -1.04. The van der Waals surface area contributed by atoms with Crippen LogP contribution in [0.1, 0.15) is 45.4 Å². The molecule has 0 aromatic heterocycles. The number of amides is 1. The van der Waals surface area contributed by atoms with Gasteiger partial charge in [0.2, 0.25) is 5.91 Å². The first-order valence-electron chi connectivity index (χ1n) is 5.47. The third-order valence-electron chi connectivity index (χ3n) is 2.56. The first kappa shape index (κ1) is 11.0. The molecule has 0 radical (unpaired) electrons.